The van der Waals surface area contributed by atoms with E-state index in [1.165, 1.54) is 4.31 Å². The number of halogens is 3. The summed E-state index contributed by atoms with van der Waals surface area (Å²) in [6.07, 6.45) is -2.88. The highest BCUT2D eigenvalue weighted by molar-refractivity contribution is 7.89. The van der Waals surface area contributed by atoms with E-state index >= 15 is 0 Å². The first-order valence-electron chi connectivity index (χ1n) is 6.91. The van der Waals surface area contributed by atoms with E-state index in [9.17, 15) is 21.6 Å². The molecule has 0 spiro atoms. The van der Waals surface area contributed by atoms with Crippen LogP contribution in [0.25, 0.3) is 0 Å². The molecule has 0 saturated carbocycles. The first kappa shape index (κ1) is 17.2. The van der Waals surface area contributed by atoms with Gasteiger partial charge in [0.25, 0.3) is 0 Å². The number of nitrogens with zero attached hydrogens (tertiary/aromatic N) is 1. The fourth-order valence-corrected chi connectivity index (χ4v) is 4.14. The minimum atomic E-state index is -4.48. The quantitative estimate of drug-likeness (QED) is 0.849. The van der Waals surface area contributed by atoms with E-state index in [0.29, 0.717) is 26.1 Å². The van der Waals surface area contributed by atoms with E-state index in [0.717, 1.165) is 30.7 Å². The van der Waals surface area contributed by atoms with Crippen LogP contribution in [0, 0.1) is 5.92 Å². The number of rotatable bonds is 4. The molecule has 0 aromatic heterocycles. The molecule has 0 N–H and O–H groups in total. The minimum Gasteiger partial charge on any atom is -0.384 e. The number of sulfonamides is 1. The number of ether oxygens (including phenoxy) is 1. The predicted molar refractivity (Wildman–Crippen MR) is 74.8 cm³/mol. The van der Waals surface area contributed by atoms with Crippen LogP contribution in [0.1, 0.15) is 18.4 Å². The average molecular weight is 337 g/mol. The molecule has 1 heterocycles. The molecule has 0 aliphatic carbocycles. The van der Waals surface area contributed by atoms with E-state index in [1.807, 2.05) is 0 Å². The Balaban J connectivity index is 2.19. The Morgan fingerprint density at radius 2 is 1.91 bits per heavy atom. The molecular weight excluding hydrogens is 319 g/mol. The summed E-state index contributed by atoms with van der Waals surface area (Å²) >= 11 is 0. The van der Waals surface area contributed by atoms with Crippen molar-refractivity contribution in [2.75, 3.05) is 26.8 Å². The second-order valence-corrected chi connectivity index (χ2v) is 7.29. The molecule has 1 aliphatic heterocycles. The zero-order chi connectivity index (χ0) is 16.4. The van der Waals surface area contributed by atoms with E-state index in [2.05, 4.69) is 0 Å². The Labute approximate surface area is 127 Å². The Bertz CT molecular complexity index is 597. The maximum atomic E-state index is 12.5. The number of alkyl halides is 3. The van der Waals surface area contributed by atoms with Crippen LogP contribution >= 0.6 is 0 Å². The summed E-state index contributed by atoms with van der Waals surface area (Å²) in [4.78, 5) is -0.112. The normalized spacial score (nSPS) is 21.0. The maximum absolute atomic E-state index is 12.5. The number of hydrogen-bond acceptors (Lipinski definition) is 3. The predicted octanol–water partition coefficient (Wildman–Crippen LogP) is 2.75. The lowest BCUT2D eigenvalue weighted by Gasteiger charge is -2.31. The van der Waals surface area contributed by atoms with Crippen molar-refractivity contribution in [1.82, 2.24) is 4.31 Å². The van der Waals surface area contributed by atoms with Gasteiger partial charge in [-0.05, 0) is 43.0 Å². The molecule has 0 bridgehead atoms. The lowest BCUT2D eigenvalue weighted by Crippen LogP contribution is -2.41. The number of hydrogen-bond donors (Lipinski definition) is 0. The molecule has 1 saturated heterocycles. The van der Waals surface area contributed by atoms with Crippen molar-refractivity contribution in [2.45, 2.75) is 23.9 Å². The molecule has 4 nitrogen and oxygen atoms in total. The third kappa shape index (κ3) is 3.80. The topological polar surface area (TPSA) is 46.6 Å². The van der Waals surface area contributed by atoms with Crippen molar-refractivity contribution in [3.63, 3.8) is 0 Å². The smallest absolute Gasteiger partial charge is 0.384 e. The summed E-state index contributed by atoms with van der Waals surface area (Å²) in [6.45, 7) is 1.18. The molecule has 1 atom stereocenters. The van der Waals surface area contributed by atoms with Crippen LogP contribution in [0.3, 0.4) is 0 Å². The van der Waals surface area contributed by atoms with Crippen molar-refractivity contribution >= 4 is 10.0 Å². The van der Waals surface area contributed by atoms with Gasteiger partial charge in [-0.2, -0.15) is 17.5 Å². The van der Waals surface area contributed by atoms with Gasteiger partial charge in [0, 0.05) is 20.2 Å². The van der Waals surface area contributed by atoms with Crippen LogP contribution in [-0.2, 0) is 20.9 Å². The van der Waals surface area contributed by atoms with Gasteiger partial charge < -0.3 is 4.74 Å². The molecule has 1 aromatic carbocycles. The summed E-state index contributed by atoms with van der Waals surface area (Å²) in [5.74, 6) is 0.114. The molecule has 1 fully saturated rings. The first-order chi connectivity index (χ1) is 10.2. The van der Waals surface area contributed by atoms with Crippen LogP contribution < -0.4 is 0 Å². The molecule has 0 radical (unpaired) electrons. The van der Waals surface area contributed by atoms with Crippen LogP contribution in [0.15, 0.2) is 29.2 Å². The molecule has 2 rings (SSSR count). The zero-order valence-electron chi connectivity index (χ0n) is 12.1. The molecule has 8 heteroatoms. The fourth-order valence-electron chi connectivity index (χ4n) is 2.58. The highest BCUT2D eigenvalue weighted by Crippen LogP contribution is 2.31. The zero-order valence-corrected chi connectivity index (χ0v) is 13.0. The third-order valence-corrected chi connectivity index (χ3v) is 5.58. The first-order valence-corrected chi connectivity index (χ1v) is 8.35. The maximum Gasteiger partial charge on any atom is 0.416 e. The fraction of sp³-hybridized carbons (Fsp3) is 0.571. The van der Waals surface area contributed by atoms with Crippen molar-refractivity contribution in [1.29, 1.82) is 0 Å². The van der Waals surface area contributed by atoms with Crippen molar-refractivity contribution in [2.24, 2.45) is 5.92 Å². The van der Waals surface area contributed by atoms with Gasteiger partial charge in [0.15, 0.2) is 0 Å². The van der Waals surface area contributed by atoms with Crippen LogP contribution in [0.5, 0.6) is 0 Å². The average Bonchev–Trinajstić information content (AvgIpc) is 2.47. The lowest BCUT2D eigenvalue weighted by atomic mass is 10.0. The second-order valence-electron chi connectivity index (χ2n) is 5.35. The van der Waals surface area contributed by atoms with E-state index in [-0.39, 0.29) is 10.8 Å². The van der Waals surface area contributed by atoms with Crippen molar-refractivity contribution < 1.29 is 26.3 Å². The standard InChI is InChI=1S/C14H18F3NO3S/c1-21-10-11-3-2-8-18(9-11)22(19,20)13-6-4-12(5-7-13)14(15,16)17/h4-7,11H,2-3,8-10H2,1H3. The molecule has 124 valence electrons. The van der Waals surface area contributed by atoms with E-state index in [4.69, 9.17) is 4.74 Å². The number of methoxy groups -OCH3 is 1. The Kier molecular flexibility index (Phi) is 5.14. The van der Waals surface area contributed by atoms with Crippen molar-refractivity contribution in [3.8, 4) is 0 Å². The van der Waals surface area contributed by atoms with E-state index < -0.39 is 21.8 Å². The van der Waals surface area contributed by atoms with Gasteiger partial charge in [-0.25, -0.2) is 8.42 Å². The monoisotopic (exact) mass is 337 g/mol. The molecular formula is C14H18F3NO3S. The molecule has 1 unspecified atom stereocenters. The van der Waals surface area contributed by atoms with Gasteiger partial charge in [0.1, 0.15) is 0 Å². The molecule has 22 heavy (non-hydrogen) atoms. The number of benzene rings is 1. The summed E-state index contributed by atoms with van der Waals surface area (Å²) < 4.78 is 69.0. The lowest BCUT2D eigenvalue weighted by molar-refractivity contribution is -0.137. The minimum absolute atomic E-state index is 0.112. The molecule has 1 aromatic rings. The van der Waals surface area contributed by atoms with Crippen LogP contribution in [0.4, 0.5) is 13.2 Å². The van der Waals surface area contributed by atoms with Crippen LogP contribution in [0.2, 0.25) is 0 Å². The van der Waals surface area contributed by atoms with E-state index in [1.54, 1.807) is 7.11 Å². The highest BCUT2D eigenvalue weighted by atomic mass is 32.2. The summed E-state index contributed by atoms with van der Waals surface area (Å²) in [5.41, 5.74) is -0.859. The van der Waals surface area contributed by atoms with Gasteiger partial charge in [0.05, 0.1) is 17.1 Å². The number of piperidine rings is 1. The third-order valence-electron chi connectivity index (χ3n) is 3.70. The van der Waals surface area contributed by atoms with Crippen molar-refractivity contribution in [3.05, 3.63) is 29.8 Å². The summed E-state index contributed by atoms with van der Waals surface area (Å²) in [5, 5.41) is 0. The van der Waals surface area contributed by atoms with Crippen LogP contribution in [-0.4, -0.2) is 39.5 Å². The Morgan fingerprint density at radius 1 is 1.27 bits per heavy atom. The Morgan fingerprint density at radius 3 is 2.45 bits per heavy atom. The molecule has 0 amide bonds. The van der Waals surface area contributed by atoms with Gasteiger partial charge in [0.2, 0.25) is 10.0 Å². The van der Waals surface area contributed by atoms with Gasteiger partial charge in [-0.15, -0.1) is 0 Å². The summed E-state index contributed by atoms with van der Waals surface area (Å²) in [6, 6.07) is 3.61. The van der Waals surface area contributed by atoms with Gasteiger partial charge in [-0.1, -0.05) is 0 Å². The largest absolute Gasteiger partial charge is 0.416 e. The second kappa shape index (κ2) is 6.55. The molecule has 1 aliphatic rings. The Hall–Kier alpha value is -1.12. The summed E-state index contributed by atoms with van der Waals surface area (Å²) in [7, 11) is -2.21. The van der Waals surface area contributed by atoms with Gasteiger partial charge >= 0.3 is 6.18 Å². The van der Waals surface area contributed by atoms with Gasteiger partial charge in [-0.3, -0.25) is 0 Å². The highest BCUT2D eigenvalue weighted by Gasteiger charge is 2.33. The SMILES string of the molecule is COCC1CCCN(S(=O)(=O)c2ccc(C(F)(F)F)cc2)C1.